The Labute approximate surface area is 136 Å². The highest BCUT2D eigenvalue weighted by Crippen LogP contribution is 2.49. The molecule has 0 amide bonds. The summed E-state index contributed by atoms with van der Waals surface area (Å²) < 4.78 is 0. The van der Waals surface area contributed by atoms with E-state index in [4.69, 9.17) is 0 Å². The summed E-state index contributed by atoms with van der Waals surface area (Å²) in [6, 6.07) is 0. The van der Waals surface area contributed by atoms with Crippen molar-refractivity contribution in [2.45, 2.75) is 116 Å². The van der Waals surface area contributed by atoms with Crippen LogP contribution in [0.2, 0.25) is 0 Å². The lowest BCUT2D eigenvalue weighted by molar-refractivity contribution is 0.508. The van der Waals surface area contributed by atoms with Crippen LogP contribution in [0, 0.1) is 0 Å². The molecule has 0 N–H and O–H groups in total. The molecule has 1 rings (SSSR count). The van der Waals surface area contributed by atoms with Gasteiger partial charge in [-0.15, -0.1) is 7.92 Å². The van der Waals surface area contributed by atoms with Crippen LogP contribution in [-0.2, 0) is 0 Å². The molecule has 0 saturated heterocycles. The molecule has 0 bridgehead atoms. The summed E-state index contributed by atoms with van der Waals surface area (Å²) in [4.78, 5) is 0. The van der Waals surface area contributed by atoms with Gasteiger partial charge in [0, 0.05) is 0 Å². The van der Waals surface area contributed by atoms with E-state index in [9.17, 15) is 0 Å². The van der Waals surface area contributed by atoms with Crippen LogP contribution >= 0.6 is 7.92 Å². The SMILES string of the molecule is CCCCCCCP(CCCCCCC)C1CCCCC1. The van der Waals surface area contributed by atoms with Gasteiger partial charge in [0.2, 0.25) is 0 Å². The summed E-state index contributed by atoms with van der Waals surface area (Å²) in [5, 5.41) is 0. The normalized spacial score (nSPS) is 16.7. The highest BCUT2D eigenvalue weighted by Gasteiger charge is 2.22. The fraction of sp³-hybridized carbons (Fsp3) is 1.00. The molecular formula is C20H41P. The zero-order chi connectivity index (χ0) is 15.2. The van der Waals surface area contributed by atoms with Crippen molar-refractivity contribution in [2.24, 2.45) is 0 Å². The highest BCUT2D eigenvalue weighted by molar-refractivity contribution is 7.58. The van der Waals surface area contributed by atoms with Gasteiger partial charge in [0.1, 0.15) is 0 Å². The summed E-state index contributed by atoms with van der Waals surface area (Å²) in [5.41, 5.74) is 1.16. The van der Waals surface area contributed by atoms with E-state index in [0.29, 0.717) is 7.92 Å². The monoisotopic (exact) mass is 312 g/mol. The van der Waals surface area contributed by atoms with Gasteiger partial charge < -0.3 is 0 Å². The Kier molecular flexibility index (Phi) is 13.0. The molecule has 1 aliphatic carbocycles. The van der Waals surface area contributed by atoms with E-state index >= 15 is 0 Å². The molecule has 0 nitrogen and oxygen atoms in total. The lowest BCUT2D eigenvalue weighted by Crippen LogP contribution is -2.14. The van der Waals surface area contributed by atoms with E-state index in [2.05, 4.69) is 13.8 Å². The second-order valence-corrected chi connectivity index (χ2v) is 9.96. The number of hydrogen-bond donors (Lipinski definition) is 0. The third-order valence-electron chi connectivity index (χ3n) is 5.19. The van der Waals surface area contributed by atoms with Gasteiger partial charge in [-0.2, -0.15) is 0 Å². The molecule has 0 aromatic heterocycles. The van der Waals surface area contributed by atoms with Crippen molar-refractivity contribution in [3.8, 4) is 0 Å². The molecule has 0 spiro atoms. The van der Waals surface area contributed by atoms with E-state index in [1.54, 1.807) is 25.2 Å². The predicted molar refractivity (Wildman–Crippen MR) is 101 cm³/mol. The fourth-order valence-corrected chi connectivity index (χ4v) is 7.07. The molecule has 0 aliphatic heterocycles. The van der Waals surface area contributed by atoms with Gasteiger partial charge in [-0.1, -0.05) is 84.5 Å². The number of rotatable bonds is 13. The first kappa shape index (κ1) is 19.5. The highest BCUT2D eigenvalue weighted by atomic mass is 31.1. The van der Waals surface area contributed by atoms with Crippen molar-refractivity contribution >= 4 is 7.92 Å². The lowest BCUT2D eigenvalue weighted by Gasteiger charge is -2.31. The standard InChI is InChI=1S/C20H41P/c1-3-5-7-9-14-18-21(19-15-10-8-6-4-2)20-16-12-11-13-17-20/h20H,3-19H2,1-2H3. The summed E-state index contributed by atoms with van der Waals surface area (Å²) >= 11 is 0. The zero-order valence-electron chi connectivity index (χ0n) is 15.0. The van der Waals surface area contributed by atoms with Crippen LogP contribution in [0.3, 0.4) is 0 Å². The first-order valence-electron chi connectivity index (χ1n) is 10.1. The van der Waals surface area contributed by atoms with Crippen LogP contribution in [0.15, 0.2) is 0 Å². The molecule has 1 fully saturated rings. The Morgan fingerprint density at radius 1 is 0.619 bits per heavy atom. The Morgan fingerprint density at radius 2 is 1.10 bits per heavy atom. The molecule has 1 heteroatoms. The van der Waals surface area contributed by atoms with E-state index in [1.165, 1.54) is 83.5 Å². The Bertz CT molecular complexity index is 194. The minimum absolute atomic E-state index is 0.379. The van der Waals surface area contributed by atoms with Gasteiger partial charge in [0.25, 0.3) is 0 Å². The Balaban J connectivity index is 2.20. The maximum atomic E-state index is 2.32. The van der Waals surface area contributed by atoms with Gasteiger partial charge in [0.05, 0.1) is 0 Å². The average molecular weight is 313 g/mol. The molecule has 0 radical (unpaired) electrons. The van der Waals surface area contributed by atoms with E-state index in [1.807, 2.05) is 0 Å². The molecule has 21 heavy (non-hydrogen) atoms. The Hall–Kier alpha value is 0.430. The van der Waals surface area contributed by atoms with Gasteiger partial charge in [-0.25, -0.2) is 0 Å². The third-order valence-corrected chi connectivity index (χ3v) is 8.52. The first-order chi connectivity index (χ1) is 10.4. The Morgan fingerprint density at radius 3 is 1.57 bits per heavy atom. The topological polar surface area (TPSA) is 0 Å². The molecule has 1 aliphatic rings. The van der Waals surface area contributed by atoms with Crippen LogP contribution in [-0.4, -0.2) is 18.0 Å². The molecule has 0 atom stereocenters. The van der Waals surface area contributed by atoms with Crippen LogP contribution in [0.4, 0.5) is 0 Å². The van der Waals surface area contributed by atoms with E-state index < -0.39 is 0 Å². The van der Waals surface area contributed by atoms with Gasteiger partial charge in [-0.3, -0.25) is 0 Å². The van der Waals surface area contributed by atoms with E-state index in [-0.39, 0.29) is 0 Å². The summed E-state index contributed by atoms with van der Waals surface area (Å²) in [6.45, 7) is 4.65. The van der Waals surface area contributed by atoms with E-state index in [0.717, 1.165) is 5.66 Å². The van der Waals surface area contributed by atoms with Gasteiger partial charge in [-0.05, 0) is 43.7 Å². The molecule has 0 aromatic carbocycles. The molecule has 126 valence electrons. The van der Waals surface area contributed by atoms with Gasteiger partial charge in [0.15, 0.2) is 0 Å². The molecular weight excluding hydrogens is 271 g/mol. The second kappa shape index (κ2) is 14.0. The predicted octanol–water partition coefficient (Wildman–Crippen LogP) is 7.74. The quantitative estimate of drug-likeness (QED) is 0.241. The van der Waals surface area contributed by atoms with Crippen molar-refractivity contribution in [2.75, 3.05) is 12.3 Å². The van der Waals surface area contributed by atoms with Crippen molar-refractivity contribution in [3.63, 3.8) is 0 Å². The molecule has 0 heterocycles. The maximum absolute atomic E-state index is 2.32. The van der Waals surface area contributed by atoms with Crippen molar-refractivity contribution in [1.29, 1.82) is 0 Å². The molecule has 1 saturated carbocycles. The minimum atomic E-state index is 0.379. The van der Waals surface area contributed by atoms with Crippen LogP contribution in [0.5, 0.6) is 0 Å². The largest absolute Gasteiger partial charge is 0.104 e. The van der Waals surface area contributed by atoms with Gasteiger partial charge >= 0.3 is 0 Å². The molecule has 0 aromatic rings. The van der Waals surface area contributed by atoms with Crippen molar-refractivity contribution in [3.05, 3.63) is 0 Å². The van der Waals surface area contributed by atoms with Crippen molar-refractivity contribution in [1.82, 2.24) is 0 Å². The maximum Gasteiger partial charge on any atom is -0.0209 e. The van der Waals surface area contributed by atoms with Crippen LogP contribution < -0.4 is 0 Å². The second-order valence-electron chi connectivity index (χ2n) is 7.16. The fourth-order valence-electron chi connectivity index (χ4n) is 3.76. The summed E-state index contributed by atoms with van der Waals surface area (Å²) in [7, 11) is 0.379. The zero-order valence-corrected chi connectivity index (χ0v) is 15.9. The van der Waals surface area contributed by atoms with Crippen LogP contribution in [0.25, 0.3) is 0 Å². The summed E-state index contributed by atoms with van der Waals surface area (Å²) in [6.07, 6.45) is 25.7. The summed E-state index contributed by atoms with van der Waals surface area (Å²) in [5.74, 6) is 0. The average Bonchev–Trinajstić information content (AvgIpc) is 2.53. The van der Waals surface area contributed by atoms with Crippen molar-refractivity contribution < 1.29 is 0 Å². The first-order valence-corrected chi connectivity index (χ1v) is 11.9. The molecule has 0 unspecified atom stereocenters. The number of unbranched alkanes of at least 4 members (excludes halogenated alkanes) is 8. The lowest BCUT2D eigenvalue weighted by atomic mass is 10.0. The number of hydrogen-bond acceptors (Lipinski definition) is 0. The smallest absolute Gasteiger partial charge is 0.0209 e. The third kappa shape index (κ3) is 9.93. The minimum Gasteiger partial charge on any atom is -0.104 e. The van der Waals surface area contributed by atoms with Crippen LogP contribution in [0.1, 0.15) is 110 Å².